The van der Waals surface area contributed by atoms with Crippen LogP contribution in [0.3, 0.4) is 0 Å². The van der Waals surface area contributed by atoms with Crippen molar-refractivity contribution in [2.24, 2.45) is 10.7 Å². The minimum Gasteiger partial charge on any atom is -0.450 e. The Morgan fingerprint density at radius 2 is 2.08 bits per heavy atom. The minimum absolute atomic E-state index is 0.231. The lowest BCUT2D eigenvalue weighted by Gasteiger charge is -2.31. The van der Waals surface area contributed by atoms with Gasteiger partial charge in [0, 0.05) is 25.3 Å². The molecule has 1 amide bonds. The molecule has 0 atom stereocenters. The Kier molecular flexibility index (Phi) is 6.35. The van der Waals surface area contributed by atoms with Crippen LogP contribution in [0.25, 0.3) is 0 Å². The molecule has 1 aromatic heterocycles. The van der Waals surface area contributed by atoms with Crippen LogP contribution >= 0.6 is 0 Å². The van der Waals surface area contributed by atoms with E-state index in [1.807, 2.05) is 13.0 Å². The summed E-state index contributed by atoms with van der Waals surface area (Å²) in [4.78, 5) is 17.9. The van der Waals surface area contributed by atoms with Crippen LogP contribution in [0.1, 0.15) is 57.2 Å². The molecule has 1 saturated heterocycles. The van der Waals surface area contributed by atoms with Crippen LogP contribution < -0.4 is 11.1 Å². The summed E-state index contributed by atoms with van der Waals surface area (Å²) >= 11 is 0. The number of hydrogen-bond acceptors (Lipinski definition) is 4. The van der Waals surface area contributed by atoms with Crippen LogP contribution in [0, 0.1) is 0 Å². The molecule has 0 radical (unpaired) electrons. The van der Waals surface area contributed by atoms with Gasteiger partial charge < -0.3 is 20.7 Å². The fourth-order valence-electron chi connectivity index (χ4n) is 3.68. The van der Waals surface area contributed by atoms with Crippen molar-refractivity contribution in [2.75, 3.05) is 19.7 Å². The maximum Gasteiger partial charge on any atom is 0.409 e. The molecule has 1 aromatic rings. The van der Waals surface area contributed by atoms with Crippen LogP contribution in [0.5, 0.6) is 0 Å². The third kappa shape index (κ3) is 4.89. The zero-order valence-electron chi connectivity index (χ0n) is 15.6. The van der Waals surface area contributed by atoms with Crippen molar-refractivity contribution in [1.82, 2.24) is 20.0 Å². The monoisotopic (exact) mass is 362 g/mol. The van der Waals surface area contributed by atoms with Crippen molar-refractivity contribution in [2.45, 2.75) is 64.1 Å². The first-order valence-electron chi connectivity index (χ1n) is 9.68. The summed E-state index contributed by atoms with van der Waals surface area (Å²) in [5.74, 6) is 0.440. The molecule has 26 heavy (non-hydrogen) atoms. The summed E-state index contributed by atoms with van der Waals surface area (Å²) in [5, 5.41) is 7.88. The van der Waals surface area contributed by atoms with E-state index in [0.29, 0.717) is 38.2 Å². The molecule has 144 valence electrons. The second kappa shape index (κ2) is 8.91. The molecule has 0 spiro atoms. The van der Waals surface area contributed by atoms with E-state index in [0.717, 1.165) is 18.5 Å². The number of nitrogens with zero attached hydrogens (tertiary/aromatic N) is 4. The highest BCUT2D eigenvalue weighted by atomic mass is 16.6. The van der Waals surface area contributed by atoms with Gasteiger partial charge in [0.25, 0.3) is 0 Å². The van der Waals surface area contributed by atoms with Crippen LogP contribution in [-0.2, 0) is 11.3 Å². The molecule has 8 nitrogen and oxygen atoms in total. The van der Waals surface area contributed by atoms with Gasteiger partial charge in [0.2, 0.25) is 0 Å². The smallest absolute Gasteiger partial charge is 0.409 e. The van der Waals surface area contributed by atoms with E-state index < -0.39 is 0 Å². The van der Waals surface area contributed by atoms with Gasteiger partial charge in [0.15, 0.2) is 5.96 Å². The van der Waals surface area contributed by atoms with Gasteiger partial charge in [-0.2, -0.15) is 5.10 Å². The molecule has 8 heteroatoms. The zero-order chi connectivity index (χ0) is 18.4. The standard InChI is InChI=1S/C18H30N6O2/c1-2-26-18(25)23-10-7-14(8-11-23)21-17(19)20-13-15-9-12-24(22-15)16-5-3-4-6-16/h9,12,14,16H,2-8,10-11,13H2,1H3,(H3,19,20,21). The first kappa shape index (κ1) is 18.5. The first-order chi connectivity index (χ1) is 12.7. The molecule has 3 N–H and O–H groups in total. The highest BCUT2D eigenvalue weighted by Gasteiger charge is 2.23. The molecule has 2 fully saturated rings. The number of hydrogen-bond donors (Lipinski definition) is 2. The second-order valence-corrected chi connectivity index (χ2v) is 7.03. The Morgan fingerprint density at radius 1 is 1.35 bits per heavy atom. The van der Waals surface area contributed by atoms with Gasteiger partial charge in [-0.3, -0.25) is 4.68 Å². The fourth-order valence-corrected chi connectivity index (χ4v) is 3.68. The first-order valence-corrected chi connectivity index (χ1v) is 9.68. The van der Waals surface area contributed by atoms with Crippen LogP contribution in [0.15, 0.2) is 17.3 Å². The molecular formula is C18H30N6O2. The van der Waals surface area contributed by atoms with E-state index in [9.17, 15) is 4.79 Å². The summed E-state index contributed by atoms with van der Waals surface area (Å²) in [6.45, 7) is 4.07. The van der Waals surface area contributed by atoms with Crippen molar-refractivity contribution in [1.29, 1.82) is 0 Å². The number of carbonyl (C=O) groups is 1. The van der Waals surface area contributed by atoms with Gasteiger partial charge in [0.05, 0.1) is 24.9 Å². The molecule has 0 aromatic carbocycles. The van der Waals surface area contributed by atoms with Crippen molar-refractivity contribution >= 4 is 12.1 Å². The normalized spacial score (nSPS) is 19.7. The van der Waals surface area contributed by atoms with Crippen LogP contribution in [0.2, 0.25) is 0 Å². The van der Waals surface area contributed by atoms with E-state index >= 15 is 0 Å². The number of aliphatic imine (C=N–C) groups is 1. The number of piperidine rings is 1. The number of carbonyl (C=O) groups excluding carboxylic acids is 1. The Balaban J connectivity index is 1.42. The molecule has 1 saturated carbocycles. The quantitative estimate of drug-likeness (QED) is 0.617. The van der Waals surface area contributed by atoms with Gasteiger partial charge in [-0.15, -0.1) is 0 Å². The molecule has 2 aliphatic rings. The van der Waals surface area contributed by atoms with Gasteiger partial charge >= 0.3 is 6.09 Å². The van der Waals surface area contributed by atoms with Gasteiger partial charge in [-0.1, -0.05) is 12.8 Å². The van der Waals surface area contributed by atoms with E-state index in [1.165, 1.54) is 25.7 Å². The average molecular weight is 362 g/mol. The van der Waals surface area contributed by atoms with E-state index in [2.05, 4.69) is 26.3 Å². The van der Waals surface area contributed by atoms with E-state index in [4.69, 9.17) is 10.5 Å². The third-order valence-electron chi connectivity index (χ3n) is 5.15. The lowest BCUT2D eigenvalue weighted by Crippen LogP contribution is -2.48. The molecule has 1 aliphatic heterocycles. The topological polar surface area (TPSA) is 97.8 Å². The summed E-state index contributed by atoms with van der Waals surface area (Å²) in [7, 11) is 0. The number of nitrogens with two attached hydrogens (primary N) is 1. The van der Waals surface area contributed by atoms with Crippen molar-refractivity contribution < 1.29 is 9.53 Å². The predicted molar refractivity (Wildman–Crippen MR) is 99.8 cm³/mol. The third-order valence-corrected chi connectivity index (χ3v) is 5.15. The number of aromatic nitrogens is 2. The maximum absolute atomic E-state index is 11.7. The van der Waals surface area contributed by atoms with Crippen LogP contribution in [0.4, 0.5) is 4.79 Å². The zero-order valence-corrected chi connectivity index (χ0v) is 15.6. The molecule has 2 heterocycles. The molecular weight excluding hydrogens is 332 g/mol. The molecule has 0 bridgehead atoms. The summed E-state index contributed by atoms with van der Waals surface area (Å²) in [6, 6.07) is 2.81. The summed E-state index contributed by atoms with van der Waals surface area (Å²) < 4.78 is 7.11. The number of ether oxygens (including phenoxy) is 1. The Morgan fingerprint density at radius 3 is 2.77 bits per heavy atom. The van der Waals surface area contributed by atoms with Gasteiger partial charge in [-0.25, -0.2) is 9.79 Å². The van der Waals surface area contributed by atoms with Crippen LogP contribution in [-0.4, -0.2) is 52.5 Å². The Bertz CT molecular complexity index is 615. The SMILES string of the molecule is CCOC(=O)N1CCC(NC(N)=NCc2ccn(C3CCCC3)n2)CC1. The van der Waals surface area contributed by atoms with E-state index in [1.54, 1.807) is 4.90 Å². The van der Waals surface area contributed by atoms with Gasteiger partial charge in [0.1, 0.15) is 0 Å². The second-order valence-electron chi connectivity index (χ2n) is 7.03. The Labute approximate surface area is 154 Å². The van der Waals surface area contributed by atoms with Crippen molar-refractivity contribution in [3.8, 4) is 0 Å². The number of guanidine groups is 1. The van der Waals surface area contributed by atoms with Gasteiger partial charge in [-0.05, 0) is 38.7 Å². The number of amides is 1. The molecule has 1 aliphatic carbocycles. The molecule has 3 rings (SSSR count). The van der Waals surface area contributed by atoms with Crippen molar-refractivity contribution in [3.05, 3.63) is 18.0 Å². The molecule has 0 unspecified atom stereocenters. The Hall–Kier alpha value is -2.25. The van der Waals surface area contributed by atoms with Crippen molar-refractivity contribution in [3.63, 3.8) is 0 Å². The lowest BCUT2D eigenvalue weighted by atomic mass is 10.1. The summed E-state index contributed by atoms with van der Waals surface area (Å²) in [6.07, 6.45) is 8.53. The highest BCUT2D eigenvalue weighted by Crippen LogP contribution is 2.28. The fraction of sp³-hybridized carbons (Fsp3) is 0.722. The number of rotatable bonds is 5. The summed E-state index contributed by atoms with van der Waals surface area (Å²) in [5.41, 5.74) is 6.97. The predicted octanol–water partition coefficient (Wildman–Crippen LogP) is 2.02. The number of nitrogens with one attached hydrogen (secondary N) is 1. The maximum atomic E-state index is 11.7. The largest absolute Gasteiger partial charge is 0.450 e. The lowest BCUT2D eigenvalue weighted by molar-refractivity contribution is 0.0963. The van der Waals surface area contributed by atoms with E-state index in [-0.39, 0.29) is 12.1 Å². The minimum atomic E-state index is -0.231. The highest BCUT2D eigenvalue weighted by molar-refractivity contribution is 5.78. The number of likely N-dealkylation sites (tertiary alicyclic amines) is 1. The average Bonchev–Trinajstić information content (AvgIpc) is 3.32.